The summed E-state index contributed by atoms with van der Waals surface area (Å²) in [4.78, 5) is 27.1. The van der Waals surface area contributed by atoms with Gasteiger partial charge in [-0.2, -0.15) is 0 Å². The average molecular weight is 360 g/mol. The molecule has 1 heterocycles. The first kappa shape index (κ1) is 18.0. The first-order chi connectivity index (χ1) is 12.6. The lowest BCUT2D eigenvalue weighted by Crippen LogP contribution is -2.56. The van der Waals surface area contributed by atoms with Gasteiger partial charge in [-0.3, -0.25) is 14.5 Å². The first-order valence-electron chi connectivity index (χ1n) is 10.5. The molecular weight excluding hydrogens is 326 g/mol. The van der Waals surface area contributed by atoms with Crippen LogP contribution in [-0.2, 0) is 9.59 Å². The van der Waals surface area contributed by atoms with Crippen molar-refractivity contribution >= 4 is 11.8 Å². The Kier molecular flexibility index (Phi) is 5.09. The molecule has 0 spiro atoms. The molecule has 5 heteroatoms. The minimum atomic E-state index is -0.0452. The Balaban J connectivity index is 1.25. The van der Waals surface area contributed by atoms with Gasteiger partial charge in [0.15, 0.2) is 0 Å². The van der Waals surface area contributed by atoms with Crippen molar-refractivity contribution in [2.45, 2.75) is 57.4 Å². The molecule has 2 N–H and O–H groups in total. The molecule has 5 aliphatic rings. The predicted octanol–water partition coefficient (Wildman–Crippen LogP) is 2.09. The molecule has 1 saturated heterocycles. The van der Waals surface area contributed by atoms with Crippen molar-refractivity contribution in [3.05, 3.63) is 12.7 Å². The Morgan fingerprint density at radius 3 is 2.15 bits per heavy atom. The summed E-state index contributed by atoms with van der Waals surface area (Å²) < 4.78 is 0. The van der Waals surface area contributed by atoms with E-state index in [9.17, 15) is 9.59 Å². The summed E-state index contributed by atoms with van der Waals surface area (Å²) in [5.74, 6) is 2.83. The number of hydrogen-bond acceptors (Lipinski definition) is 3. The van der Waals surface area contributed by atoms with Gasteiger partial charge >= 0.3 is 0 Å². The van der Waals surface area contributed by atoms with Crippen LogP contribution in [-0.4, -0.2) is 48.9 Å². The Morgan fingerprint density at radius 1 is 1.04 bits per heavy atom. The number of rotatable bonds is 6. The Hall–Kier alpha value is -1.36. The summed E-state index contributed by atoms with van der Waals surface area (Å²) in [5.41, 5.74) is -0.0452. The summed E-state index contributed by atoms with van der Waals surface area (Å²) in [6, 6.07) is 0.281. The minimum Gasteiger partial charge on any atom is -0.353 e. The van der Waals surface area contributed by atoms with Gasteiger partial charge in [0.25, 0.3) is 0 Å². The van der Waals surface area contributed by atoms with Crippen molar-refractivity contribution in [2.24, 2.45) is 23.2 Å². The van der Waals surface area contributed by atoms with Crippen molar-refractivity contribution in [1.82, 2.24) is 15.5 Å². The highest BCUT2D eigenvalue weighted by Gasteiger charge is 2.54. The van der Waals surface area contributed by atoms with Crippen LogP contribution >= 0.6 is 0 Å². The number of nitrogens with one attached hydrogen (secondary N) is 2. The SMILES string of the molecule is C=CCNC(=O)CN1CCC(NC(=O)C23CC4CC(CC(C4)C2)C3)CC1. The Morgan fingerprint density at radius 2 is 1.62 bits per heavy atom. The molecule has 5 fully saturated rings. The van der Waals surface area contributed by atoms with Crippen molar-refractivity contribution in [2.75, 3.05) is 26.2 Å². The number of carbonyl (C=O) groups excluding carboxylic acids is 2. The molecule has 4 bridgehead atoms. The van der Waals surface area contributed by atoms with Crippen LogP contribution in [0, 0.1) is 23.2 Å². The average Bonchev–Trinajstić information content (AvgIpc) is 2.60. The highest BCUT2D eigenvalue weighted by Crippen LogP contribution is 2.60. The van der Waals surface area contributed by atoms with E-state index in [2.05, 4.69) is 22.1 Å². The van der Waals surface area contributed by atoms with E-state index in [0.29, 0.717) is 19.0 Å². The lowest BCUT2D eigenvalue weighted by Gasteiger charge is -2.56. The van der Waals surface area contributed by atoms with Crippen molar-refractivity contribution < 1.29 is 9.59 Å². The molecule has 0 radical (unpaired) electrons. The minimum absolute atomic E-state index is 0.0452. The molecule has 4 saturated carbocycles. The lowest BCUT2D eigenvalue weighted by molar-refractivity contribution is -0.147. The third kappa shape index (κ3) is 3.68. The highest BCUT2D eigenvalue weighted by atomic mass is 16.2. The van der Waals surface area contributed by atoms with Crippen molar-refractivity contribution in [3.63, 3.8) is 0 Å². The highest BCUT2D eigenvalue weighted by molar-refractivity contribution is 5.83. The fourth-order valence-electron chi connectivity index (χ4n) is 6.41. The number of likely N-dealkylation sites (tertiary alicyclic amines) is 1. The lowest BCUT2D eigenvalue weighted by atomic mass is 9.49. The first-order valence-corrected chi connectivity index (χ1v) is 10.5. The van der Waals surface area contributed by atoms with Gasteiger partial charge in [0.2, 0.25) is 11.8 Å². The van der Waals surface area contributed by atoms with Gasteiger partial charge in [0.1, 0.15) is 0 Å². The van der Waals surface area contributed by atoms with Gasteiger partial charge < -0.3 is 10.6 Å². The van der Waals surface area contributed by atoms with E-state index in [1.807, 2.05) is 0 Å². The fraction of sp³-hybridized carbons (Fsp3) is 0.810. The van der Waals surface area contributed by atoms with Gasteiger partial charge in [0.05, 0.1) is 6.54 Å². The molecule has 0 unspecified atom stereocenters. The second-order valence-electron chi connectivity index (χ2n) is 9.31. The normalized spacial score (nSPS) is 36.7. The van der Waals surface area contributed by atoms with E-state index in [0.717, 1.165) is 62.9 Å². The molecule has 1 aliphatic heterocycles. The smallest absolute Gasteiger partial charge is 0.234 e. The Labute approximate surface area is 157 Å². The molecule has 0 aromatic carbocycles. The van der Waals surface area contributed by atoms with Crippen LogP contribution in [0.15, 0.2) is 12.7 Å². The predicted molar refractivity (Wildman–Crippen MR) is 101 cm³/mol. The molecule has 4 aliphatic carbocycles. The molecule has 2 amide bonds. The van der Waals surface area contributed by atoms with Crippen LogP contribution in [0.2, 0.25) is 0 Å². The third-order valence-electron chi connectivity index (χ3n) is 7.25. The van der Waals surface area contributed by atoms with Crippen LogP contribution in [0.25, 0.3) is 0 Å². The molecule has 26 heavy (non-hydrogen) atoms. The second kappa shape index (κ2) is 7.34. The molecule has 0 aromatic rings. The summed E-state index contributed by atoms with van der Waals surface area (Å²) in [7, 11) is 0. The fourth-order valence-corrected chi connectivity index (χ4v) is 6.41. The van der Waals surface area contributed by atoms with Crippen LogP contribution in [0.4, 0.5) is 0 Å². The topological polar surface area (TPSA) is 61.4 Å². The monoisotopic (exact) mass is 359 g/mol. The third-order valence-corrected chi connectivity index (χ3v) is 7.25. The van der Waals surface area contributed by atoms with E-state index in [1.54, 1.807) is 6.08 Å². The molecule has 144 valence electrons. The number of amides is 2. The van der Waals surface area contributed by atoms with E-state index in [4.69, 9.17) is 0 Å². The number of hydrogen-bond donors (Lipinski definition) is 2. The van der Waals surface area contributed by atoms with Gasteiger partial charge in [-0.1, -0.05) is 6.08 Å². The zero-order chi connectivity index (χ0) is 18.1. The zero-order valence-corrected chi connectivity index (χ0v) is 15.8. The largest absolute Gasteiger partial charge is 0.353 e. The standard InChI is InChI=1S/C21H33N3O2/c1-2-5-22-19(25)14-24-6-3-18(4-7-24)23-20(26)21-11-15-8-16(12-21)10-17(9-15)13-21/h2,15-18H,1,3-14H2,(H,22,25)(H,23,26). The molecular formula is C21H33N3O2. The number of piperidine rings is 1. The van der Waals surface area contributed by atoms with Crippen molar-refractivity contribution in [3.8, 4) is 0 Å². The molecule has 5 rings (SSSR count). The summed E-state index contributed by atoms with van der Waals surface area (Å²) in [6.45, 7) is 6.35. The van der Waals surface area contributed by atoms with Gasteiger partial charge in [0, 0.05) is 31.1 Å². The van der Waals surface area contributed by atoms with E-state index >= 15 is 0 Å². The van der Waals surface area contributed by atoms with Gasteiger partial charge in [-0.05, 0) is 69.1 Å². The quantitative estimate of drug-likeness (QED) is 0.714. The number of carbonyl (C=O) groups is 2. The van der Waals surface area contributed by atoms with Gasteiger partial charge in [-0.15, -0.1) is 6.58 Å². The summed E-state index contributed by atoms with van der Waals surface area (Å²) in [5, 5.41) is 6.23. The molecule has 5 nitrogen and oxygen atoms in total. The summed E-state index contributed by atoms with van der Waals surface area (Å²) >= 11 is 0. The van der Waals surface area contributed by atoms with Crippen LogP contribution in [0.5, 0.6) is 0 Å². The molecule has 0 atom stereocenters. The van der Waals surface area contributed by atoms with E-state index < -0.39 is 0 Å². The number of nitrogens with zero attached hydrogens (tertiary/aromatic N) is 1. The zero-order valence-electron chi connectivity index (χ0n) is 15.8. The summed E-state index contributed by atoms with van der Waals surface area (Å²) in [6.07, 6.45) is 11.1. The Bertz CT molecular complexity index is 530. The van der Waals surface area contributed by atoms with Crippen LogP contribution in [0.3, 0.4) is 0 Å². The molecule has 0 aromatic heterocycles. The van der Waals surface area contributed by atoms with E-state index in [-0.39, 0.29) is 17.4 Å². The maximum absolute atomic E-state index is 13.1. The van der Waals surface area contributed by atoms with Crippen LogP contribution in [0.1, 0.15) is 51.4 Å². The van der Waals surface area contributed by atoms with Gasteiger partial charge in [-0.25, -0.2) is 0 Å². The van der Waals surface area contributed by atoms with Crippen molar-refractivity contribution in [1.29, 1.82) is 0 Å². The van der Waals surface area contributed by atoms with Crippen LogP contribution < -0.4 is 10.6 Å². The second-order valence-corrected chi connectivity index (χ2v) is 9.31. The maximum atomic E-state index is 13.1. The van der Waals surface area contributed by atoms with E-state index in [1.165, 1.54) is 19.3 Å². The maximum Gasteiger partial charge on any atom is 0.234 e.